The van der Waals surface area contributed by atoms with Gasteiger partial charge in [0.15, 0.2) is 0 Å². The molecule has 0 radical (unpaired) electrons. The van der Waals surface area contributed by atoms with Gasteiger partial charge in [-0.2, -0.15) is 0 Å². The fraction of sp³-hybridized carbons (Fsp3) is 0.929. The van der Waals surface area contributed by atoms with Gasteiger partial charge in [0.25, 0.3) is 0 Å². The van der Waals surface area contributed by atoms with E-state index >= 15 is 0 Å². The Morgan fingerprint density at radius 1 is 1.12 bits per heavy atom. The third kappa shape index (κ3) is 3.50. The Bertz CT molecular complexity index is 233. The molecule has 0 unspecified atom stereocenters. The lowest BCUT2D eigenvalue weighted by molar-refractivity contribution is -0.140. The monoisotopic (exact) mass is 236 g/mol. The normalized spacial score (nSPS) is 27.9. The van der Waals surface area contributed by atoms with E-state index in [1.54, 1.807) is 0 Å². The van der Waals surface area contributed by atoms with Gasteiger partial charge in [0.2, 0.25) is 0 Å². The molecule has 2 saturated heterocycles. The van der Waals surface area contributed by atoms with Crippen LogP contribution in [0.25, 0.3) is 0 Å². The Hall–Kier alpha value is -0.465. The summed E-state index contributed by atoms with van der Waals surface area (Å²) in [6, 6.07) is 0. The van der Waals surface area contributed by atoms with E-state index < -0.39 is 0 Å². The van der Waals surface area contributed by atoms with Crippen LogP contribution in [-0.4, -0.2) is 19.8 Å². The van der Waals surface area contributed by atoms with Gasteiger partial charge in [-0.25, -0.2) is 0 Å². The lowest BCUT2D eigenvalue weighted by Gasteiger charge is -2.40. The molecular formula is C14H25BO2. The number of hydrogen-bond donors (Lipinski definition) is 0. The topological polar surface area (TPSA) is 26.3 Å². The zero-order valence-corrected chi connectivity index (χ0v) is 11.1. The average molecular weight is 236 g/mol. The second kappa shape index (κ2) is 6.46. The van der Waals surface area contributed by atoms with Gasteiger partial charge in [0.1, 0.15) is 6.71 Å². The molecule has 2 heterocycles. The summed E-state index contributed by atoms with van der Waals surface area (Å²) in [7, 11) is 1.48. The second-order valence-corrected chi connectivity index (χ2v) is 5.87. The third-order valence-corrected chi connectivity index (χ3v) is 4.91. The quantitative estimate of drug-likeness (QED) is 0.410. The van der Waals surface area contributed by atoms with Gasteiger partial charge in [-0.05, 0) is 6.42 Å². The highest BCUT2D eigenvalue weighted by molar-refractivity contribution is 6.62. The summed E-state index contributed by atoms with van der Waals surface area (Å²) >= 11 is 0. The summed E-state index contributed by atoms with van der Waals surface area (Å²) in [5, 5.41) is 0. The highest BCUT2D eigenvalue weighted by Crippen LogP contribution is 2.48. The van der Waals surface area contributed by atoms with Gasteiger partial charge < -0.3 is 4.74 Å². The molecule has 0 N–H and O–H groups in total. The Kier molecular flexibility index (Phi) is 4.93. The van der Waals surface area contributed by atoms with E-state index in [-0.39, 0.29) is 5.97 Å². The predicted octanol–water partition coefficient (Wildman–Crippen LogP) is 3.93. The van der Waals surface area contributed by atoms with Crippen molar-refractivity contribution in [3.05, 3.63) is 0 Å². The van der Waals surface area contributed by atoms with Crippen molar-refractivity contribution >= 4 is 12.7 Å². The van der Waals surface area contributed by atoms with Crippen LogP contribution in [0.4, 0.5) is 0 Å². The first-order chi connectivity index (χ1) is 8.31. The van der Waals surface area contributed by atoms with Gasteiger partial charge >= 0.3 is 5.97 Å². The van der Waals surface area contributed by atoms with Crippen molar-refractivity contribution in [3.63, 3.8) is 0 Å². The third-order valence-electron chi connectivity index (χ3n) is 4.91. The molecule has 2 rings (SSSR count). The van der Waals surface area contributed by atoms with Crippen molar-refractivity contribution in [2.75, 3.05) is 7.11 Å². The van der Waals surface area contributed by atoms with Gasteiger partial charge in [0, 0.05) is 6.42 Å². The number of carbonyl (C=O) groups excluding carboxylic acids is 1. The molecule has 0 amide bonds. The number of rotatable bonds is 5. The highest BCUT2D eigenvalue weighted by atomic mass is 16.5. The fourth-order valence-corrected chi connectivity index (χ4v) is 4.04. The van der Waals surface area contributed by atoms with E-state index in [1.807, 2.05) is 0 Å². The molecule has 2 nitrogen and oxygen atoms in total. The number of carbonyl (C=O) groups is 1. The Balaban J connectivity index is 1.69. The van der Waals surface area contributed by atoms with Crippen molar-refractivity contribution in [3.8, 4) is 0 Å². The number of ether oxygens (including phenoxy) is 1. The molecule has 2 aliphatic heterocycles. The van der Waals surface area contributed by atoms with Crippen LogP contribution in [0, 0.1) is 0 Å². The Labute approximate surface area is 106 Å². The van der Waals surface area contributed by atoms with Gasteiger partial charge in [-0.3, -0.25) is 4.79 Å². The maximum Gasteiger partial charge on any atom is 0.305 e. The number of hydrogen-bond acceptors (Lipinski definition) is 2. The van der Waals surface area contributed by atoms with E-state index in [0.29, 0.717) is 6.42 Å². The van der Waals surface area contributed by atoms with Crippen molar-refractivity contribution in [1.82, 2.24) is 0 Å². The standard InChI is InChI=1S/C14H25BO2/c1-17-14(16)10-2-3-11-15-12-6-4-7-13(15)9-5-8-12/h12-13H,2-11H2,1H3. The van der Waals surface area contributed by atoms with Crippen molar-refractivity contribution in [2.45, 2.75) is 75.7 Å². The zero-order valence-electron chi connectivity index (χ0n) is 11.1. The molecule has 0 spiro atoms. The molecule has 0 aromatic carbocycles. The minimum atomic E-state index is -0.0474. The van der Waals surface area contributed by atoms with Crippen molar-refractivity contribution in [2.24, 2.45) is 0 Å². The summed E-state index contributed by atoms with van der Waals surface area (Å²) in [6.07, 6.45) is 13.0. The van der Waals surface area contributed by atoms with E-state index in [9.17, 15) is 4.79 Å². The van der Waals surface area contributed by atoms with Crippen LogP contribution < -0.4 is 0 Å². The van der Waals surface area contributed by atoms with Crippen LogP contribution in [0.3, 0.4) is 0 Å². The number of unbranched alkanes of at least 4 members (excludes halogenated alkanes) is 1. The van der Waals surface area contributed by atoms with Gasteiger partial charge in [-0.15, -0.1) is 0 Å². The lowest BCUT2D eigenvalue weighted by atomic mass is 9.26. The molecule has 2 aliphatic rings. The molecule has 0 saturated carbocycles. The predicted molar refractivity (Wildman–Crippen MR) is 71.6 cm³/mol. The van der Waals surface area contributed by atoms with E-state index in [0.717, 1.165) is 24.8 Å². The molecule has 96 valence electrons. The average Bonchev–Trinajstić information content (AvgIpc) is 2.33. The molecule has 3 heteroatoms. The van der Waals surface area contributed by atoms with Gasteiger partial charge in [0.05, 0.1) is 7.11 Å². The molecule has 0 atom stereocenters. The highest BCUT2D eigenvalue weighted by Gasteiger charge is 2.38. The van der Waals surface area contributed by atoms with Crippen LogP contribution in [0.5, 0.6) is 0 Å². The molecule has 17 heavy (non-hydrogen) atoms. The first-order valence-corrected chi connectivity index (χ1v) is 7.38. The lowest BCUT2D eigenvalue weighted by Crippen LogP contribution is -2.34. The maximum absolute atomic E-state index is 11.0. The maximum atomic E-state index is 11.0. The van der Waals surface area contributed by atoms with Crippen LogP contribution in [0.2, 0.25) is 18.0 Å². The minimum absolute atomic E-state index is 0.0474. The zero-order chi connectivity index (χ0) is 12.1. The summed E-state index contributed by atoms with van der Waals surface area (Å²) in [5.41, 5.74) is 0. The van der Waals surface area contributed by atoms with Crippen LogP contribution in [-0.2, 0) is 9.53 Å². The largest absolute Gasteiger partial charge is 0.469 e. The van der Waals surface area contributed by atoms with Crippen molar-refractivity contribution in [1.29, 1.82) is 0 Å². The number of methoxy groups -OCH3 is 1. The van der Waals surface area contributed by atoms with Crippen LogP contribution >= 0.6 is 0 Å². The first kappa shape index (κ1) is 13.0. The molecule has 0 aromatic heterocycles. The van der Waals surface area contributed by atoms with Gasteiger partial charge in [-0.1, -0.05) is 62.9 Å². The van der Waals surface area contributed by atoms with E-state index in [2.05, 4.69) is 4.74 Å². The van der Waals surface area contributed by atoms with Crippen LogP contribution in [0.15, 0.2) is 0 Å². The molecule has 0 aliphatic carbocycles. The fourth-order valence-electron chi connectivity index (χ4n) is 4.04. The first-order valence-electron chi connectivity index (χ1n) is 7.38. The molecule has 2 fully saturated rings. The second-order valence-electron chi connectivity index (χ2n) is 5.87. The molecular weight excluding hydrogens is 211 g/mol. The van der Waals surface area contributed by atoms with Crippen molar-refractivity contribution < 1.29 is 9.53 Å². The minimum Gasteiger partial charge on any atom is -0.469 e. The Morgan fingerprint density at radius 3 is 2.24 bits per heavy atom. The summed E-state index contributed by atoms with van der Waals surface area (Å²) in [4.78, 5) is 11.0. The molecule has 0 aromatic rings. The Morgan fingerprint density at radius 2 is 1.71 bits per heavy atom. The van der Waals surface area contributed by atoms with Crippen LogP contribution in [0.1, 0.15) is 57.8 Å². The summed E-state index contributed by atoms with van der Waals surface area (Å²) < 4.78 is 4.68. The number of esters is 1. The number of fused-ring (bicyclic) bond motifs is 2. The molecule has 2 bridgehead atoms. The van der Waals surface area contributed by atoms with E-state index in [1.165, 1.54) is 58.4 Å². The smallest absolute Gasteiger partial charge is 0.305 e. The van der Waals surface area contributed by atoms with E-state index in [4.69, 9.17) is 0 Å². The SMILES string of the molecule is COC(=O)CCCCB1C2CCCC1CCC2. The summed E-state index contributed by atoms with van der Waals surface area (Å²) in [6.45, 7) is 0.982. The summed E-state index contributed by atoms with van der Waals surface area (Å²) in [5.74, 6) is 1.98.